The molecular formula is C24H38O6. The van der Waals surface area contributed by atoms with Crippen molar-refractivity contribution in [1.82, 2.24) is 0 Å². The summed E-state index contributed by atoms with van der Waals surface area (Å²) in [7, 11) is 0. The van der Waals surface area contributed by atoms with Crippen molar-refractivity contribution in [3.05, 3.63) is 23.3 Å². The molecule has 0 spiro atoms. The van der Waals surface area contributed by atoms with Crippen LogP contribution in [-0.2, 0) is 14.3 Å². The fourth-order valence-electron chi connectivity index (χ4n) is 6.07. The van der Waals surface area contributed by atoms with Crippen LogP contribution in [-0.4, -0.2) is 46.6 Å². The van der Waals surface area contributed by atoms with Crippen LogP contribution in [0, 0.1) is 22.7 Å². The third-order valence-electron chi connectivity index (χ3n) is 7.36. The normalized spacial score (nSPS) is 30.9. The Morgan fingerprint density at radius 1 is 1.17 bits per heavy atom. The lowest BCUT2D eigenvalue weighted by atomic mass is 9.47. The summed E-state index contributed by atoms with van der Waals surface area (Å²) in [5.74, 6) is -0.684. The average Bonchev–Trinajstić information content (AvgIpc) is 2.63. The van der Waals surface area contributed by atoms with E-state index in [1.54, 1.807) is 6.08 Å². The molecule has 0 unspecified atom stereocenters. The first-order chi connectivity index (χ1) is 14.0. The van der Waals surface area contributed by atoms with E-state index in [-0.39, 0.29) is 43.0 Å². The summed E-state index contributed by atoms with van der Waals surface area (Å²) >= 11 is 0. The quantitative estimate of drug-likeness (QED) is 0.385. The number of aliphatic carboxylic acids is 1. The second-order valence-corrected chi connectivity index (χ2v) is 9.94. The van der Waals surface area contributed by atoms with E-state index >= 15 is 0 Å². The van der Waals surface area contributed by atoms with E-state index in [4.69, 9.17) is 9.84 Å². The zero-order valence-corrected chi connectivity index (χ0v) is 18.8. The number of carbonyl (C=O) groups is 2. The molecule has 0 radical (unpaired) electrons. The molecule has 2 rings (SSSR count). The lowest BCUT2D eigenvalue weighted by Gasteiger charge is -2.58. The van der Waals surface area contributed by atoms with Crippen LogP contribution in [0.2, 0.25) is 0 Å². The van der Waals surface area contributed by atoms with Crippen LogP contribution in [0.3, 0.4) is 0 Å². The maximum atomic E-state index is 12.2. The highest BCUT2D eigenvalue weighted by atomic mass is 16.5. The zero-order chi connectivity index (χ0) is 22.5. The molecule has 2 aliphatic carbocycles. The molecule has 6 nitrogen and oxygen atoms in total. The number of hydrogen-bond acceptors (Lipinski definition) is 5. The highest BCUT2D eigenvalue weighted by molar-refractivity contribution is 5.76. The molecule has 0 amide bonds. The predicted octanol–water partition coefficient (Wildman–Crippen LogP) is 3.86. The summed E-state index contributed by atoms with van der Waals surface area (Å²) in [4.78, 5) is 23.0. The summed E-state index contributed by atoms with van der Waals surface area (Å²) in [6.45, 7) is 8.82. The Morgan fingerprint density at radius 3 is 2.47 bits per heavy atom. The zero-order valence-electron chi connectivity index (χ0n) is 18.8. The van der Waals surface area contributed by atoms with Crippen molar-refractivity contribution >= 4 is 11.9 Å². The number of fused-ring (bicyclic) bond motifs is 1. The Morgan fingerprint density at radius 2 is 1.87 bits per heavy atom. The van der Waals surface area contributed by atoms with Gasteiger partial charge in [0, 0.05) is 0 Å². The number of carbonyl (C=O) groups excluding carboxylic acids is 1. The van der Waals surface area contributed by atoms with Crippen LogP contribution >= 0.6 is 0 Å². The average molecular weight is 423 g/mol. The number of ether oxygens (including phenoxy) is 1. The Balaban J connectivity index is 2.21. The van der Waals surface area contributed by atoms with Gasteiger partial charge in [-0.05, 0) is 67.3 Å². The second-order valence-electron chi connectivity index (χ2n) is 9.94. The van der Waals surface area contributed by atoms with E-state index in [1.807, 2.05) is 0 Å². The Hall–Kier alpha value is -1.66. The molecule has 0 aliphatic heterocycles. The first kappa shape index (κ1) is 24.6. The van der Waals surface area contributed by atoms with Gasteiger partial charge in [0.15, 0.2) is 0 Å². The summed E-state index contributed by atoms with van der Waals surface area (Å²) in [6.07, 6.45) is 7.63. The van der Waals surface area contributed by atoms with Crippen molar-refractivity contribution in [2.45, 2.75) is 78.7 Å². The van der Waals surface area contributed by atoms with E-state index < -0.39 is 11.9 Å². The number of carboxylic acid groups (broad SMARTS) is 1. The molecule has 0 bridgehead atoms. The number of rotatable bonds is 9. The fraction of sp³-hybridized carbons (Fsp3) is 0.750. The molecule has 0 heterocycles. The van der Waals surface area contributed by atoms with Crippen molar-refractivity contribution in [3.63, 3.8) is 0 Å². The first-order valence-corrected chi connectivity index (χ1v) is 11.0. The van der Waals surface area contributed by atoms with Crippen molar-refractivity contribution in [3.8, 4) is 0 Å². The van der Waals surface area contributed by atoms with E-state index in [0.29, 0.717) is 11.8 Å². The molecule has 0 aromatic heterocycles. The number of hydrogen-bond donors (Lipinski definition) is 3. The van der Waals surface area contributed by atoms with Crippen molar-refractivity contribution in [1.29, 1.82) is 0 Å². The van der Waals surface area contributed by atoms with E-state index in [0.717, 1.165) is 37.7 Å². The van der Waals surface area contributed by atoms with E-state index in [2.05, 4.69) is 33.8 Å². The second kappa shape index (κ2) is 10.1. The number of aliphatic hydroxyl groups excluding tert-OH is 2. The van der Waals surface area contributed by atoms with Crippen molar-refractivity contribution in [2.24, 2.45) is 22.7 Å². The SMILES string of the molecule is CC1=CC[C@H]2C(C)(C)C[C@H](OC(=O)CCC(=O)O)C[C@]2(C)[C@H]1CC/C(=C/CO)CO. The van der Waals surface area contributed by atoms with Gasteiger partial charge in [0.25, 0.3) is 0 Å². The van der Waals surface area contributed by atoms with Gasteiger partial charge in [0.1, 0.15) is 6.10 Å². The number of esters is 1. The number of allylic oxidation sites excluding steroid dienone is 2. The Bertz CT molecular complexity index is 692. The highest BCUT2D eigenvalue weighted by Crippen LogP contribution is 2.61. The van der Waals surface area contributed by atoms with Crippen LogP contribution < -0.4 is 0 Å². The van der Waals surface area contributed by atoms with Gasteiger partial charge < -0.3 is 20.1 Å². The lowest BCUT2D eigenvalue weighted by molar-refractivity contribution is -0.165. The van der Waals surface area contributed by atoms with Gasteiger partial charge in [-0.3, -0.25) is 9.59 Å². The molecule has 30 heavy (non-hydrogen) atoms. The highest BCUT2D eigenvalue weighted by Gasteiger charge is 2.55. The third kappa shape index (κ3) is 5.73. The number of aliphatic hydroxyl groups is 2. The summed E-state index contributed by atoms with van der Waals surface area (Å²) in [5, 5.41) is 27.6. The molecule has 170 valence electrons. The van der Waals surface area contributed by atoms with Gasteiger partial charge >= 0.3 is 11.9 Å². The molecule has 2 aliphatic rings. The molecule has 3 N–H and O–H groups in total. The molecular weight excluding hydrogens is 384 g/mol. The van der Waals surface area contributed by atoms with Gasteiger partial charge in [-0.15, -0.1) is 0 Å². The van der Waals surface area contributed by atoms with Crippen molar-refractivity contribution < 1.29 is 29.6 Å². The van der Waals surface area contributed by atoms with Gasteiger partial charge in [-0.1, -0.05) is 38.5 Å². The largest absolute Gasteiger partial charge is 0.481 e. The van der Waals surface area contributed by atoms with Crippen molar-refractivity contribution in [2.75, 3.05) is 13.2 Å². The van der Waals surface area contributed by atoms with Gasteiger partial charge in [-0.2, -0.15) is 0 Å². The molecule has 6 heteroatoms. The smallest absolute Gasteiger partial charge is 0.306 e. The molecule has 1 saturated carbocycles. The topological polar surface area (TPSA) is 104 Å². The molecule has 0 saturated heterocycles. The van der Waals surface area contributed by atoms with Gasteiger partial charge in [0.2, 0.25) is 0 Å². The minimum atomic E-state index is -0.994. The molecule has 4 atom stereocenters. The summed E-state index contributed by atoms with van der Waals surface area (Å²) in [6, 6.07) is 0. The first-order valence-electron chi connectivity index (χ1n) is 11.0. The van der Waals surface area contributed by atoms with Crippen LogP contribution in [0.1, 0.15) is 72.6 Å². The predicted molar refractivity (Wildman–Crippen MR) is 115 cm³/mol. The maximum absolute atomic E-state index is 12.2. The lowest BCUT2D eigenvalue weighted by Crippen LogP contribution is -2.53. The van der Waals surface area contributed by atoms with Crippen LogP contribution in [0.4, 0.5) is 0 Å². The molecule has 0 aromatic carbocycles. The Kier molecular flexibility index (Phi) is 8.28. The standard InChI is InChI=1S/C24H38O6/c1-16-5-8-20-23(2,3)13-18(30-22(29)10-9-21(27)28)14-24(20,4)19(16)7-6-17(15-26)11-12-25/h5,11,18-20,25-26H,6-10,12-15H2,1-4H3,(H,27,28)/b17-11-/t18-,19-,20-,24+/m0/s1. The maximum Gasteiger partial charge on any atom is 0.306 e. The van der Waals surface area contributed by atoms with E-state index in [1.165, 1.54) is 5.57 Å². The summed E-state index contributed by atoms with van der Waals surface area (Å²) < 4.78 is 5.75. The monoisotopic (exact) mass is 422 g/mol. The fourth-order valence-corrected chi connectivity index (χ4v) is 6.07. The Labute approximate surface area is 180 Å². The summed E-state index contributed by atoms with van der Waals surface area (Å²) in [5.41, 5.74) is 2.12. The van der Waals surface area contributed by atoms with Crippen LogP contribution in [0.5, 0.6) is 0 Å². The number of carboxylic acids is 1. The molecule has 1 fully saturated rings. The van der Waals surface area contributed by atoms with Gasteiger partial charge in [0.05, 0.1) is 26.1 Å². The molecule has 0 aromatic rings. The minimum absolute atomic E-state index is 0.0130. The minimum Gasteiger partial charge on any atom is -0.481 e. The van der Waals surface area contributed by atoms with Crippen LogP contribution in [0.25, 0.3) is 0 Å². The van der Waals surface area contributed by atoms with E-state index in [9.17, 15) is 19.8 Å². The van der Waals surface area contributed by atoms with Crippen LogP contribution in [0.15, 0.2) is 23.3 Å². The van der Waals surface area contributed by atoms with Gasteiger partial charge in [-0.25, -0.2) is 0 Å². The third-order valence-corrected chi connectivity index (χ3v) is 7.36.